The molecule has 1 unspecified atom stereocenters. The van der Waals surface area contributed by atoms with Gasteiger partial charge in [-0.25, -0.2) is 0 Å². The minimum absolute atomic E-state index is 0.00654. The Balaban J connectivity index is 2.53. The average molecular weight is 461 g/mol. The van der Waals surface area contributed by atoms with Gasteiger partial charge in [-0.05, 0) is 48.7 Å². The third kappa shape index (κ3) is 4.53. The number of aliphatic hydroxyl groups excluding tert-OH is 1. The largest absolute Gasteiger partial charge is 0.772 e. The number of aliphatic hydroxyl groups is 1. The smallest absolute Gasteiger partial charge is 0.430 e. The van der Waals surface area contributed by atoms with E-state index in [2.05, 4.69) is 4.74 Å². The van der Waals surface area contributed by atoms with Gasteiger partial charge in [-0.1, -0.05) is 37.6 Å². The molecule has 172 valence electrons. The van der Waals surface area contributed by atoms with Crippen LogP contribution in [-0.4, -0.2) is 38.9 Å². The van der Waals surface area contributed by atoms with Crippen LogP contribution in [0.25, 0.3) is 0 Å². The molecule has 0 aromatic heterocycles. The van der Waals surface area contributed by atoms with Gasteiger partial charge in [-0.15, -0.1) is 0 Å². The molecule has 11 heteroatoms. The highest BCUT2D eigenvalue weighted by atomic mass is 32.2. The molecule has 1 aromatic rings. The van der Waals surface area contributed by atoms with Gasteiger partial charge in [0.25, 0.3) is 5.60 Å². The molecule has 0 bridgehead atoms. The topological polar surface area (TPSA) is 69.6 Å². The molecule has 0 saturated heterocycles. The molecule has 0 aliphatic heterocycles. The van der Waals surface area contributed by atoms with E-state index in [4.69, 9.17) is 0 Å². The van der Waals surface area contributed by atoms with Gasteiger partial charge in [0.05, 0.1) is 10.9 Å². The zero-order valence-electron chi connectivity index (χ0n) is 16.2. The van der Waals surface area contributed by atoms with E-state index < -0.39 is 52.1 Å². The van der Waals surface area contributed by atoms with E-state index in [0.717, 1.165) is 12.1 Å². The van der Waals surface area contributed by atoms with Crippen molar-refractivity contribution in [3.8, 4) is 0 Å². The second kappa shape index (κ2) is 9.13. The Morgan fingerprint density at radius 1 is 1.10 bits per heavy atom. The van der Waals surface area contributed by atoms with Crippen molar-refractivity contribution in [3.05, 3.63) is 35.4 Å². The number of ether oxygens (including phenoxy) is 1. The molecule has 0 spiro atoms. The lowest BCUT2D eigenvalue weighted by molar-refractivity contribution is -0.389. The first-order chi connectivity index (χ1) is 13.8. The lowest BCUT2D eigenvalue weighted by Crippen LogP contribution is -2.56. The summed E-state index contributed by atoms with van der Waals surface area (Å²) in [7, 11) is 0. The monoisotopic (exact) mass is 461 g/mol. The Bertz CT molecular complexity index is 710. The number of halogens is 6. The van der Waals surface area contributed by atoms with Crippen molar-refractivity contribution in [1.82, 2.24) is 0 Å². The van der Waals surface area contributed by atoms with Crippen molar-refractivity contribution in [2.24, 2.45) is 0 Å². The maximum atomic E-state index is 13.7. The standard InChI is InChI=1S/C19H24F6O4S/c1-2-3-12-29-17(18(20,21)22,19(23,24)25)14-6-4-13(5-7-14)16(30(27)28)10-8-15(26)9-11-16/h4-7,15,26H,2-3,8-12H2,1H3,(H,27,28)/p-1. The molecule has 1 atom stereocenters. The van der Waals surface area contributed by atoms with E-state index in [9.17, 15) is 40.2 Å². The van der Waals surface area contributed by atoms with Crippen LogP contribution in [-0.2, 0) is 26.2 Å². The van der Waals surface area contributed by atoms with Gasteiger partial charge >= 0.3 is 12.4 Å². The number of benzene rings is 1. The summed E-state index contributed by atoms with van der Waals surface area (Å²) in [5.41, 5.74) is -5.59. The molecule has 1 saturated carbocycles. The lowest BCUT2D eigenvalue weighted by atomic mass is 9.80. The summed E-state index contributed by atoms with van der Waals surface area (Å²) in [5, 5.41) is 9.64. The molecular weight excluding hydrogens is 438 g/mol. The second-order valence-electron chi connectivity index (χ2n) is 7.42. The van der Waals surface area contributed by atoms with Crippen molar-refractivity contribution >= 4 is 11.1 Å². The Morgan fingerprint density at radius 3 is 2.00 bits per heavy atom. The maximum Gasteiger partial charge on any atom is 0.430 e. The van der Waals surface area contributed by atoms with E-state index in [-0.39, 0.29) is 37.7 Å². The van der Waals surface area contributed by atoms with Gasteiger partial charge in [0.1, 0.15) is 0 Å². The fourth-order valence-corrected chi connectivity index (χ4v) is 4.63. The fraction of sp³-hybridized carbons (Fsp3) is 0.684. The van der Waals surface area contributed by atoms with Crippen LogP contribution in [0.3, 0.4) is 0 Å². The van der Waals surface area contributed by atoms with Crippen molar-refractivity contribution < 1.29 is 44.9 Å². The molecule has 2 rings (SSSR count). The Labute approximate surface area is 172 Å². The van der Waals surface area contributed by atoms with Gasteiger partial charge in [0, 0.05) is 12.2 Å². The molecule has 1 aliphatic rings. The summed E-state index contributed by atoms with van der Waals surface area (Å²) < 4.78 is 109. The van der Waals surface area contributed by atoms with Crippen molar-refractivity contribution in [1.29, 1.82) is 0 Å². The van der Waals surface area contributed by atoms with Crippen molar-refractivity contribution in [3.63, 3.8) is 0 Å². The third-order valence-corrected chi connectivity index (χ3v) is 6.80. The van der Waals surface area contributed by atoms with Crippen LogP contribution in [0.1, 0.15) is 56.6 Å². The van der Waals surface area contributed by atoms with Crippen LogP contribution in [0.5, 0.6) is 0 Å². The van der Waals surface area contributed by atoms with E-state index in [0.29, 0.717) is 18.6 Å². The average Bonchev–Trinajstić information content (AvgIpc) is 2.64. The van der Waals surface area contributed by atoms with Gasteiger partial charge in [-0.2, -0.15) is 26.3 Å². The third-order valence-electron chi connectivity index (χ3n) is 5.51. The van der Waals surface area contributed by atoms with Crippen molar-refractivity contribution in [2.75, 3.05) is 6.61 Å². The number of hydrogen-bond acceptors (Lipinski definition) is 4. The van der Waals surface area contributed by atoms with Gasteiger partial charge in [-0.3, -0.25) is 4.21 Å². The van der Waals surface area contributed by atoms with Crippen LogP contribution < -0.4 is 0 Å². The predicted octanol–water partition coefficient (Wildman–Crippen LogP) is 4.83. The first-order valence-corrected chi connectivity index (χ1v) is 10.5. The lowest BCUT2D eigenvalue weighted by Gasteiger charge is -2.41. The van der Waals surface area contributed by atoms with E-state index in [1.54, 1.807) is 6.92 Å². The van der Waals surface area contributed by atoms with Gasteiger partial charge in [0.2, 0.25) is 0 Å². The predicted molar refractivity (Wildman–Crippen MR) is 96.2 cm³/mol. The van der Waals surface area contributed by atoms with E-state index >= 15 is 0 Å². The summed E-state index contributed by atoms with van der Waals surface area (Å²) >= 11 is -2.68. The summed E-state index contributed by atoms with van der Waals surface area (Å²) in [5.74, 6) is 0. The fourth-order valence-electron chi connectivity index (χ4n) is 3.73. The minimum atomic E-state index is -5.78. The number of rotatable bonds is 7. The Morgan fingerprint density at radius 2 is 1.60 bits per heavy atom. The number of unbranched alkanes of at least 4 members (excludes halogenated alkanes) is 1. The minimum Gasteiger partial charge on any atom is -0.772 e. The molecule has 1 aliphatic carbocycles. The molecule has 1 N–H and O–H groups in total. The molecule has 4 nitrogen and oxygen atoms in total. The quantitative estimate of drug-likeness (QED) is 0.359. The normalized spacial score (nSPS) is 24.6. The van der Waals surface area contributed by atoms with Crippen LogP contribution >= 0.6 is 0 Å². The zero-order chi connectivity index (χ0) is 22.8. The molecule has 30 heavy (non-hydrogen) atoms. The Kier molecular flexibility index (Phi) is 7.64. The summed E-state index contributed by atoms with van der Waals surface area (Å²) in [6.07, 6.45) is -11.6. The van der Waals surface area contributed by atoms with Crippen LogP contribution in [0.4, 0.5) is 26.3 Å². The van der Waals surface area contributed by atoms with E-state index in [1.165, 1.54) is 0 Å². The number of hydrogen-bond donors (Lipinski definition) is 1. The highest BCUT2D eigenvalue weighted by molar-refractivity contribution is 7.80. The summed E-state index contributed by atoms with van der Waals surface area (Å²) in [4.78, 5) is 0. The maximum absolute atomic E-state index is 13.7. The zero-order valence-corrected chi connectivity index (χ0v) is 17.0. The molecule has 0 heterocycles. The summed E-state index contributed by atoms with van der Waals surface area (Å²) in [6.45, 7) is 0.855. The number of alkyl halides is 6. The molecule has 0 amide bonds. The van der Waals surface area contributed by atoms with Gasteiger partial charge in [0.15, 0.2) is 0 Å². The van der Waals surface area contributed by atoms with Crippen LogP contribution in [0.15, 0.2) is 24.3 Å². The Hall–Kier alpha value is -1.17. The molecule has 0 radical (unpaired) electrons. The SMILES string of the molecule is CCCCOC(c1ccc(C2(S(=O)[O-])CCC(O)CC2)cc1)(C(F)(F)F)C(F)(F)F. The van der Waals surface area contributed by atoms with Crippen LogP contribution in [0, 0.1) is 0 Å². The van der Waals surface area contributed by atoms with Crippen LogP contribution in [0.2, 0.25) is 0 Å². The molecular formula is C19H23F6O4S-. The van der Waals surface area contributed by atoms with Crippen molar-refractivity contribution in [2.45, 2.75) is 74.3 Å². The first-order valence-electron chi connectivity index (χ1n) is 9.47. The molecule has 1 fully saturated rings. The van der Waals surface area contributed by atoms with Gasteiger partial charge < -0.3 is 14.4 Å². The molecule has 1 aromatic carbocycles. The van der Waals surface area contributed by atoms with E-state index in [1.807, 2.05) is 0 Å². The highest BCUT2D eigenvalue weighted by Crippen LogP contribution is 2.53. The summed E-state index contributed by atoms with van der Waals surface area (Å²) in [6, 6.07) is 3.19. The highest BCUT2D eigenvalue weighted by Gasteiger charge is 2.73. The second-order valence-corrected chi connectivity index (χ2v) is 8.67. The first kappa shape index (κ1) is 25.1.